The summed E-state index contributed by atoms with van der Waals surface area (Å²) in [6, 6.07) is 16.3. The van der Waals surface area contributed by atoms with Crippen molar-refractivity contribution in [2.45, 2.75) is 6.92 Å². The van der Waals surface area contributed by atoms with Gasteiger partial charge in [-0.15, -0.1) is 0 Å². The van der Waals surface area contributed by atoms with Crippen molar-refractivity contribution in [3.05, 3.63) is 89.0 Å². The van der Waals surface area contributed by atoms with E-state index in [1.54, 1.807) is 24.3 Å². The highest BCUT2D eigenvalue weighted by Gasteiger charge is 2.19. The predicted molar refractivity (Wildman–Crippen MR) is 129 cm³/mol. The summed E-state index contributed by atoms with van der Waals surface area (Å²) in [4.78, 5) is 61.7. The zero-order valence-corrected chi connectivity index (χ0v) is 19.6. The van der Waals surface area contributed by atoms with Gasteiger partial charge >= 0.3 is 17.9 Å². The van der Waals surface area contributed by atoms with E-state index in [2.05, 4.69) is 10.6 Å². The fourth-order valence-electron chi connectivity index (χ4n) is 3.24. The van der Waals surface area contributed by atoms with Crippen LogP contribution in [0.4, 0.5) is 11.4 Å². The Morgan fingerprint density at radius 3 is 1.44 bits per heavy atom. The molecule has 2 amide bonds. The topological polar surface area (TPSA) is 137 Å². The van der Waals surface area contributed by atoms with E-state index in [1.165, 1.54) is 63.6 Å². The number of hydrogen-bond donors (Lipinski definition) is 2. The highest BCUT2D eigenvalue weighted by molar-refractivity contribution is 6.12. The van der Waals surface area contributed by atoms with Crippen LogP contribution in [-0.4, -0.2) is 43.9 Å². The van der Waals surface area contributed by atoms with Crippen molar-refractivity contribution in [1.82, 2.24) is 0 Å². The lowest BCUT2D eigenvalue weighted by Gasteiger charge is -2.13. The van der Waals surface area contributed by atoms with Crippen LogP contribution in [0.3, 0.4) is 0 Å². The van der Waals surface area contributed by atoms with Crippen LogP contribution in [0.15, 0.2) is 66.7 Å². The fourth-order valence-corrected chi connectivity index (χ4v) is 3.24. The van der Waals surface area contributed by atoms with Gasteiger partial charge < -0.3 is 24.8 Å². The van der Waals surface area contributed by atoms with Gasteiger partial charge in [0.05, 0.1) is 36.7 Å². The molecule has 3 rings (SSSR count). The summed E-state index contributed by atoms with van der Waals surface area (Å²) in [5.74, 6) is -3.37. The Morgan fingerprint density at radius 2 is 1.06 bits per heavy atom. The maximum absolute atomic E-state index is 13.0. The largest absolute Gasteiger partial charge is 0.465 e. The maximum atomic E-state index is 13.0. The maximum Gasteiger partial charge on any atom is 0.339 e. The first-order chi connectivity index (χ1) is 17.2. The minimum absolute atomic E-state index is 0.0279. The number of esters is 3. The number of hydrogen-bond acceptors (Lipinski definition) is 8. The molecule has 0 fully saturated rings. The molecule has 10 nitrogen and oxygen atoms in total. The summed E-state index contributed by atoms with van der Waals surface area (Å²) in [6.07, 6.45) is 0. The highest BCUT2D eigenvalue weighted by Crippen LogP contribution is 2.23. The fraction of sp³-hybridized carbons (Fsp3) is 0.115. The second kappa shape index (κ2) is 11.4. The van der Waals surface area contributed by atoms with Crippen LogP contribution >= 0.6 is 0 Å². The Bertz CT molecular complexity index is 1260. The molecule has 0 aliphatic rings. The third-order valence-electron chi connectivity index (χ3n) is 4.85. The first-order valence-electron chi connectivity index (χ1n) is 10.5. The first-order valence-corrected chi connectivity index (χ1v) is 10.5. The van der Waals surface area contributed by atoms with Gasteiger partial charge in [0.1, 0.15) is 5.75 Å². The summed E-state index contributed by atoms with van der Waals surface area (Å²) in [6.45, 7) is 1.17. The van der Waals surface area contributed by atoms with Crippen LogP contribution in [0.2, 0.25) is 0 Å². The molecule has 0 atom stereocenters. The summed E-state index contributed by atoms with van der Waals surface area (Å²) in [5, 5.41) is 5.19. The molecule has 184 valence electrons. The number of amides is 2. The molecule has 36 heavy (non-hydrogen) atoms. The van der Waals surface area contributed by atoms with Gasteiger partial charge in [0, 0.05) is 18.1 Å². The normalized spacial score (nSPS) is 10.1. The molecule has 3 aromatic carbocycles. The van der Waals surface area contributed by atoms with E-state index >= 15 is 0 Å². The first kappa shape index (κ1) is 25.6. The average molecular weight is 490 g/mol. The van der Waals surface area contributed by atoms with Crippen LogP contribution in [0.1, 0.15) is 48.4 Å². The Labute approximate surface area is 206 Å². The standard InChI is InChI=1S/C26H22N2O8/c1-15(29)36-18-13-16(23(30)27-21-10-6-4-8-19(21)25(32)34-2)12-17(14-18)24(31)28-22-11-7-5-9-20(22)26(33)35-3/h4-14H,1-3H3,(H,27,30)(H,28,31). The smallest absolute Gasteiger partial charge is 0.339 e. The third-order valence-corrected chi connectivity index (χ3v) is 4.85. The molecule has 0 bridgehead atoms. The van der Waals surface area contributed by atoms with E-state index in [4.69, 9.17) is 14.2 Å². The third kappa shape index (κ3) is 6.11. The number of methoxy groups -OCH3 is 2. The van der Waals surface area contributed by atoms with Gasteiger partial charge in [0.15, 0.2) is 0 Å². The molecule has 0 aliphatic heterocycles. The second-order valence-corrected chi connectivity index (χ2v) is 7.32. The molecule has 0 radical (unpaired) electrons. The predicted octanol–water partition coefficient (Wildman–Crippen LogP) is 3.69. The summed E-state index contributed by atoms with van der Waals surface area (Å²) < 4.78 is 14.6. The molecule has 0 saturated heterocycles. The Morgan fingerprint density at radius 1 is 0.639 bits per heavy atom. The lowest BCUT2D eigenvalue weighted by Crippen LogP contribution is -2.19. The van der Waals surface area contributed by atoms with E-state index in [1.807, 2.05) is 0 Å². The number of nitrogens with one attached hydrogen (secondary N) is 2. The monoisotopic (exact) mass is 490 g/mol. The zero-order chi connectivity index (χ0) is 26.2. The van der Waals surface area contributed by atoms with Crippen molar-refractivity contribution < 1.29 is 38.2 Å². The van der Waals surface area contributed by atoms with E-state index < -0.39 is 29.7 Å². The number of anilines is 2. The number of carbonyl (C=O) groups is 5. The van der Waals surface area contributed by atoms with Gasteiger partial charge in [-0.2, -0.15) is 0 Å². The van der Waals surface area contributed by atoms with Crippen LogP contribution < -0.4 is 15.4 Å². The van der Waals surface area contributed by atoms with Crippen molar-refractivity contribution >= 4 is 41.1 Å². The van der Waals surface area contributed by atoms with Gasteiger partial charge in [0.25, 0.3) is 11.8 Å². The van der Waals surface area contributed by atoms with Gasteiger partial charge in [-0.25, -0.2) is 9.59 Å². The summed E-state index contributed by atoms with van der Waals surface area (Å²) >= 11 is 0. The van der Waals surface area contributed by atoms with Crippen LogP contribution in [0.5, 0.6) is 5.75 Å². The van der Waals surface area contributed by atoms with E-state index in [9.17, 15) is 24.0 Å². The average Bonchev–Trinajstić information content (AvgIpc) is 2.87. The molecule has 0 spiro atoms. The molecule has 2 N–H and O–H groups in total. The van der Waals surface area contributed by atoms with Crippen LogP contribution in [0.25, 0.3) is 0 Å². The van der Waals surface area contributed by atoms with Crippen LogP contribution in [-0.2, 0) is 14.3 Å². The van der Waals surface area contributed by atoms with Crippen molar-refractivity contribution in [2.24, 2.45) is 0 Å². The molecular weight excluding hydrogens is 468 g/mol. The van der Waals surface area contributed by atoms with Crippen molar-refractivity contribution in [2.75, 3.05) is 24.9 Å². The SMILES string of the molecule is COC(=O)c1ccccc1NC(=O)c1cc(OC(C)=O)cc(C(=O)Nc2ccccc2C(=O)OC)c1. The molecule has 10 heteroatoms. The lowest BCUT2D eigenvalue weighted by atomic mass is 10.1. The molecule has 0 aliphatic carbocycles. The minimum Gasteiger partial charge on any atom is -0.465 e. The number of benzene rings is 3. The molecule has 0 saturated carbocycles. The Kier molecular flexibility index (Phi) is 8.14. The molecule has 0 heterocycles. The number of ether oxygens (including phenoxy) is 3. The quantitative estimate of drug-likeness (QED) is 0.378. The number of para-hydroxylation sites is 2. The summed E-state index contributed by atoms with van der Waals surface area (Å²) in [5.41, 5.74) is 0.568. The molecular formula is C26H22N2O8. The van der Waals surface area contributed by atoms with Crippen molar-refractivity contribution in [3.63, 3.8) is 0 Å². The molecule has 3 aromatic rings. The van der Waals surface area contributed by atoms with Gasteiger partial charge in [0.2, 0.25) is 0 Å². The van der Waals surface area contributed by atoms with E-state index in [0.29, 0.717) is 0 Å². The molecule has 0 aromatic heterocycles. The van der Waals surface area contributed by atoms with Gasteiger partial charge in [-0.3, -0.25) is 14.4 Å². The van der Waals surface area contributed by atoms with Gasteiger partial charge in [-0.1, -0.05) is 24.3 Å². The lowest BCUT2D eigenvalue weighted by molar-refractivity contribution is -0.131. The molecule has 0 unspecified atom stereocenters. The number of rotatable bonds is 7. The van der Waals surface area contributed by atoms with E-state index in [-0.39, 0.29) is 39.4 Å². The highest BCUT2D eigenvalue weighted by atomic mass is 16.5. The van der Waals surface area contributed by atoms with Gasteiger partial charge in [-0.05, 0) is 42.5 Å². The Balaban J connectivity index is 1.96. The minimum atomic E-state index is -0.677. The zero-order valence-electron chi connectivity index (χ0n) is 19.6. The summed E-state index contributed by atoms with van der Waals surface area (Å²) in [7, 11) is 2.43. The van der Waals surface area contributed by atoms with Crippen LogP contribution in [0, 0.1) is 0 Å². The number of carbonyl (C=O) groups excluding carboxylic acids is 5. The van der Waals surface area contributed by atoms with Crippen molar-refractivity contribution in [1.29, 1.82) is 0 Å². The van der Waals surface area contributed by atoms with E-state index in [0.717, 1.165) is 0 Å². The Hall–Kier alpha value is -4.99. The van der Waals surface area contributed by atoms with Crippen molar-refractivity contribution in [3.8, 4) is 5.75 Å². The second-order valence-electron chi connectivity index (χ2n) is 7.32.